The van der Waals surface area contributed by atoms with Crippen molar-refractivity contribution in [1.82, 2.24) is 5.32 Å². The summed E-state index contributed by atoms with van der Waals surface area (Å²) in [6.07, 6.45) is 0.0807. The molecule has 0 aromatic rings. The van der Waals surface area contributed by atoms with Gasteiger partial charge in [-0.05, 0) is 6.42 Å². The predicted octanol–water partition coefficient (Wildman–Crippen LogP) is 2.58. The third-order valence-electron chi connectivity index (χ3n) is 2.65. The lowest BCUT2D eigenvalue weighted by Gasteiger charge is -2.34. The summed E-state index contributed by atoms with van der Waals surface area (Å²) in [5.74, 6) is -0.322. The third-order valence-corrected chi connectivity index (χ3v) is 2.65. The fourth-order valence-electron chi connectivity index (χ4n) is 1.73. The van der Waals surface area contributed by atoms with Gasteiger partial charge in [0, 0.05) is 24.5 Å². The van der Waals surface area contributed by atoms with E-state index in [0.29, 0.717) is 0 Å². The Balaban J connectivity index is 2.89. The van der Waals surface area contributed by atoms with Crippen molar-refractivity contribution < 1.29 is 18.0 Å². The number of carbonyl (C=O) groups excluding carboxylic acids is 1. The number of nitrogens with one attached hydrogen (secondary N) is 1. The van der Waals surface area contributed by atoms with E-state index in [1.165, 1.54) is 19.9 Å². The Labute approximate surface area is 92.2 Å². The number of hydrogen-bond donors (Lipinski definition) is 1. The molecule has 90 valence electrons. The maximum absolute atomic E-state index is 12.7. The Morgan fingerprint density at radius 1 is 1.56 bits per heavy atom. The van der Waals surface area contributed by atoms with Gasteiger partial charge in [-0.1, -0.05) is 25.2 Å². The molecule has 1 aliphatic rings. The van der Waals surface area contributed by atoms with E-state index in [0.717, 1.165) is 6.08 Å². The van der Waals surface area contributed by atoms with Crippen molar-refractivity contribution in [3.63, 3.8) is 0 Å². The zero-order chi connectivity index (χ0) is 12.4. The van der Waals surface area contributed by atoms with Crippen molar-refractivity contribution in [2.45, 2.75) is 26.4 Å². The van der Waals surface area contributed by atoms with Gasteiger partial charge in [0.05, 0.1) is 0 Å². The Bertz CT molecular complexity index is 344. The largest absolute Gasteiger partial charge is 0.413 e. The third kappa shape index (κ3) is 2.87. The monoisotopic (exact) mass is 233 g/mol. The molecule has 0 aromatic carbocycles. The van der Waals surface area contributed by atoms with Crippen LogP contribution in [0, 0.1) is 5.41 Å². The Morgan fingerprint density at radius 3 is 2.69 bits per heavy atom. The molecule has 16 heavy (non-hydrogen) atoms. The molecule has 0 spiro atoms. The second-order valence-corrected chi connectivity index (χ2v) is 4.18. The normalized spacial score (nSPS) is 25.2. The maximum atomic E-state index is 12.7. The fourth-order valence-corrected chi connectivity index (χ4v) is 1.73. The first kappa shape index (κ1) is 12.8. The van der Waals surface area contributed by atoms with Gasteiger partial charge < -0.3 is 5.32 Å². The number of hydrogen-bond acceptors (Lipinski definition) is 1. The molecule has 1 amide bonds. The van der Waals surface area contributed by atoms with E-state index in [9.17, 15) is 18.0 Å². The Morgan fingerprint density at radius 2 is 2.19 bits per heavy atom. The van der Waals surface area contributed by atoms with Crippen LogP contribution in [0.2, 0.25) is 0 Å². The predicted molar refractivity (Wildman–Crippen MR) is 54.7 cm³/mol. The minimum absolute atomic E-state index is 0.00197. The number of amides is 1. The SMILES string of the molecule is CC(=O)NCC1(C)CC=CC=C1C(F)(F)F. The summed E-state index contributed by atoms with van der Waals surface area (Å²) in [5, 5.41) is 2.44. The number of carbonyl (C=O) groups is 1. The van der Waals surface area contributed by atoms with E-state index < -0.39 is 17.2 Å². The molecule has 2 nitrogen and oxygen atoms in total. The Kier molecular flexibility index (Phi) is 3.45. The van der Waals surface area contributed by atoms with Gasteiger partial charge in [0.2, 0.25) is 5.91 Å². The molecule has 0 bridgehead atoms. The van der Waals surface area contributed by atoms with Gasteiger partial charge in [-0.2, -0.15) is 13.2 Å². The highest BCUT2D eigenvalue weighted by atomic mass is 19.4. The second kappa shape index (κ2) is 4.31. The number of halogens is 3. The molecule has 1 rings (SSSR count). The average Bonchev–Trinajstić information content (AvgIpc) is 2.14. The van der Waals surface area contributed by atoms with Crippen LogP contribution < -0.4 is 5.32 Å². The highest BCUT2D eigenvalue weighted by molar-refractivity contribution is 5.72. The quantitative estimate of drug-likeness (QED) is 0.780. The van der Waals surface area contributed by atoms with Crippen LogP contribution in [0.25, 0.3) is 0 Å². The van der Waals surface area contributed by atoms with E-state index in [-0.39, 0.29) is 18.9 Å². The topological polar surface area (TPSA) is 29.1 Å². The van der Waals surface area contributed by atoms with Crippen molar-refractivity contribution in [3.05, 3.63) is 23.8 Å². The summed E-state index contributed by atoms with van der Waals surface area (Å²) in [6.45, 7) is 2.79. The lowest BCUT2D eigenvalue weighted by atomic mass is 9.76. The van der Waals surface area contributed by atoms with Gasteiger partial charge in [0.1, 0.15) is 0 Å². The van der Waals surface area contributed by atoms with Gasteiger partial charge in [-0.15, -0.1) is 0 Å². The molecule has 0 aliphatic heterocycles. The zero-order valence-electron chi connectivity index (χ0n) is 9.19. The van der Waals surface area contributed by atoms with Crippen molar-refractivity contribution >= 4 is 5.91 Å². The van der Waals surface area contributed by atoms with E-state index in [1.54, 1.807) is 6.08 Å². The number of rotatable bonds is 2. The van der Waals surface area contributed by atoms with Crippen molar-refractivity contribution in [1.29, 1.82) is 0 Å². The van der Waals surface area contributed by atoms with Crippen LogP contribution in [0.4, 0.5) is 13.2 Å². The molecule has 1 N–H and O–H groups in total. The molecule has 0 saturated carbocycles. The standard InChI is InChI=1S/C11H14F3NO/c1-8(16)15-7-10(2)6-4-3-5-9(10)11(12,13)14/h3-5H,6-7H2,1-2H3,(H,15,16). The van der Waals surface area contributed by atoms with Crippen LogP contribution >= 0.6 is 0 Å². The highest BCUT2D eigenvalue weighted by Crippen LogP contribution is 2.43. The summed E-state index contributed by atoms with van der Waals surface area (Å²) in [4.78, 5) is 10.8. The fraction of sp³-hybridized carbons (Fsp3) is 0.545. The van der Waals surface area contributed by atoms with Gasteiger partial charge in [-0.3, -0.25) is 4.79 Å². The van der Waals surface area contributed by atoms with Gasteiger partial charge in [-0.25, -0.2) is 0 Å². The maximum Gasteiger partial charge on any atom is 0.413 e. The van der Waals surface area contributed by atoms with Crippen LogP contribution in [-0.4, -0.2) is 18.6 Å². The molecule has 1 aliphatic carbocycles. The zero-order valence-corrected chi connectivity index (χ0v) is 9.19. The first-order valence-electron chi connectivity index (χ1n) is 4.95. The second-order valence-electron chi connectivity index (χ2n) is 4.18. The highest BCUT2D eigenvalue weighted by Gasteiger charge is 2.45. The van der Waals surface area contributed by atoms with Crippen molar-refractivity contribution in [2.24, 2.45) is 5.41 Å². The van der Waals surface area contributed by atoms with Crippen LogP contribution in [0.15, 0.2) is 23.8 Å². The molecule has 0 radical (unpaired) electrons. The molecule has 0 saturated heterocycles. The number of alkyl halides is 3. The number of allylic oxidation sites excluding steroid dienone is 3. The average molecular weight is 233 g/mol. The first-order chi connectivity index (χ1) is 7.26. The molecule has 0 aromatic heterocycles. The van der Waals surface area contributed by atoms with Crippen LogP contribution in [0.1, 0.15) is 20.3 Å². The van der Waals surface area contributed by atoms with Crippen molar-refractivity contribution in [2.75, 3.05) is 6.54 Å². The molecule has 5 heteroatoms. The first-order valence-corrected chi connectivity index (χ1v) is 4.95. The van der Waals surface area contributed by atoms with E-state index in [2.05, 4.69) is 5.32 Å². The van der Waals surface area contributed by atoms with Crippen molar-refractivity contribution in [3.8, 4) is 0 Å². The van der Waals surface area contributed by atoms with Crippen LogP contribution in [-0.2, 0) is 4.79 Å². The van der Waals surface area contributed by atoms with Gasteiger partial charge >= 0.3 is 6.18 Å². The minimum atomic E-state index is -4.35. The molecular weight excluding hydrogens is 219 g/mol. The summed E-state index contributed by atoms with van der Waals surface area (Å²) >= 11 is 0. The van der Waals surface area contributed by atoms with E-state index >= 15 is 0 Å². The lowest BCUT2D eigenvalue weighted by molar-refractivity contribution is -0.121. The Hall–Kier alpha value is -1.26. The van der Waals surface area contributed by atoms with Gasteiger partial charge in [0.15, 0.2) is 0 Å². The molecule has 1 atom stereocenters. The summed E-state index contributed by atoms with van der Waals surface area (Å²) in [5.41, 5.74) is -1.66. The molecule has 1 unspecified atom stereocenters. The van der Waals surface area contributed by atoms with E-state index in [1.807, 2.05) is 0 Å². The van der Waals surface area contributed by atoms with Crippen LogP contribution in [0.3, 0.4) is 0 Å². The molecule has 0 fully saturated rings. The minimum Gasteiger partial charge on any atom is -0.355 e. The van der Waals surface area contributed by atoms with E-state index in [4.69, 9.17) is 0 Å². The smallest absolute Gasteiger partial charge is 0.355 e. The van der Waals surface area contributed by atoms with Crippen LogP contribution in [0.5, 0.6) is 0 Å². The summed E-state index contributed by atoms with van der Waals surface area (Å²) < 4.78 is 38.2. The van der Waals surface area contributed by atoms with Gasteiger partial charge in [0.25, 0.3) is 0 Å². The summed E-state index contributed by atoms with van der Waals surface area (Å²) in [7, 11) is 0. The lowest BCUT2D eigenvalue weighted by Crippen LogP contribution is -2.40. The summed E-state index contributed by atoms with van der Waals surface area (Å²) in [6, 6.07) is 0. The molecular formula is C11H14F3NO. The molecule has 0 heterocycles.